The summed E-state index contributed by atoms with van der Waals surface area (Å²) in [6.45, 7) is 1.79. The van der Waals surface area contributed by atoms with Gasteiger partial charge in [-0.25, -0.2) is 0 Å². The van der Waals surface area contributed by atoms with Gasteiger partial charge in [-0.1, -0.05) is 12.1 Å². The highest BCUT2D eigenvalue weighted by Gasteiger charge is 2.11. The zero-order valence-corrected chi connectivity index (χ0v) is 13.3. The number of ether oxygens (including phenoxy) is 1. The lowest BCUT2D eigenvalue weighted by atomic mass is 10.1. The molecule has 0 saturated heterocycles. The largest absolute Gasteiger partial charge is 0.497 e. The first-order valence-electron chi connectivity index (χ1n) is 7.04. The fourth-order valence-corrected chi connectivity index (χ4v) is 2.53. The maximum Gasteiger partial charge on any atom is 0.118 e. The summed E-state index contributed by atoms with van der Waals surface area (Å²) in [4.78, 5) is 6.28. The van der Waals surface area contributed by atoms with Crippen LogP contribution in [-0.2, 0) is 6.42 Å². The van der Waals surface area contributed by atoms with E-state index in [0.717, 1.165) is 30.8 Å². The maximum atomic E-state index is 6.49. The molecule has 0 aliphatic rings. The number of hydrogen-bond acceptors (Lipinski definition) is 3. The average Bonchev–Trinajstić information content (AvgIpc) is 2.54. The second-order valence-corrected chi connectivity index (χ2v) is 5.64. The molecule has 1 heterocycles. The Balaban J connectivity index is 1.82. The highest BCUT2D eigenvalue weighted by molar-refractivity contribution is 6.21. The molecule has 21 heavy (non-hydrogen) atoms. The van der Waals surface area contributed by atoms with Gasteiger partial charge in [0.1, 0.15) is 5.75 Å². The second-order valence-electron chi connectivity index (χ2n) is 5.11. The van der Waals surface area contributed by atoms with Gasteiger partial charge >= 0.3 is 0 Å². The number of aromatic nitrogens is 1. The molecular formula is C17H21ClN2O. The number of nitrogens with zero attached hydrogens (tertiary/aromatic N) is 2. The number of likely N-dealkylation sites (N-methyl/N-ethyl adjacent to an activating group) is 1. The SMILES string of the molecule is COc1ccc(C(Cl)CN(C)CCc2ccncc2)cc1. The summed E-state index contributed by atoms with van der Waals surface area (Å²) in [5, 5.41) is -0.0154. The Hall–Kier alpha value is -1.58. The molecule has 0 radical (unpaired) electrons. The van der Waals surface area contributed by atoms with Crippen molar-refractivity contribution in [3.63, 3.8) is 0 Å². The van der Waals surface area contributed by atoms with Crippen molar-refractivity contribution < 1.29 is 4.74 Å². The van der Waals surface area contributed by atoms with Gasteiger partial charge in [0.25, 0.3) is 0 Å². The highest BCUT2D eigenvalue weighted by Crippen LogP contribution is 2.23. The van der Waals surface area contributed by atoms with E-state index in [-0.39, 0.29) is 5.38 Å². The minimum Gasteiger partial charge on any atom is -0.497 e. The summed E-state index contributed by atoms with van der Waals surface area (Å²) in [5.74, 6) is 0.855. The number of hydrogen-bond donors (Lipinski definition) is 0. The van der Waals surface area contributed by atoms with Gasteiger partial charge in [0.05, 0.1) is 12.5 Å². The van der Waals surface area contributed by atoms with Crippen LogP contribution >= 0.6 is 11.6 Å². The van der Waals surface area contributed by atoms with Crippen LogP contribution in [0.4, 0.5) is 0 Å². The van der Waals surface area contributed by atoms with E-state index in [1.807, 2.05) is 36.7 Å². The zero-order chi connectivity index (χ0) is 15.1. The number of halogens is 1. The second kappa shape index (κ2) is 8.01. The third kappa shape index (κ3) is 5.03. The van der Waals surface area contributed by atoms with Gasteiger partial charge < -0.3 is 9.64 Å². The van der Waals surface area contributed by atoms with Crippen LogP contribution in [0, 0.1) is 0 Å². The van der Waals surface area contributed by atoms with Gasteiger partial charge in [-0.15, -0.1) is 11.6 Å². The van der Waals surface area contributed by atoms with Crippen molar-refractivity contribution in [1.82, 2.24) is 9.88 Å². The van der Waals surface area contributed by atoms with Crippen LogP contribution in [0.25, 0.3) is 0 Å². The van der Waals surface area contributed by atoms with Gasteiger partial charge in [-0.05, 0) is 48.9 Å². The van der Waals surface area contributed by atoms with E-state index in [0.29, 0.717) is 0 Å². The molecule has 2 aromatic rings. The van der Waals surface area contributed by atoms with Crippen molar-refractivity contribution in [3.8, 4) is 5.75 Å². The van der Waals surface area contributed by atoms with E-state index in [9.17, 15) is 0 Å². The Bertz CT molecular complexity index is 530. The fraction of sp³-hybridized carbons (Fsp3) is 0.353. The van der Waals surface area contributed by atoms with Crippen LogP contribution in [0.5, 0.6) is 5.75 Å². The van der Waals surface area contributed by atoms with Crippen molar-refractivity contribution in [1.29, 1.82) is 0 Å². The predicted molar refractivity (Wildman–Crippen MR) is 87.0 cm³/mol. The normalized spacial score (nSPS) is 12.4. The lowest BCUT2D eigenvalue weighted by molar-refractivity contribution is 0.338. The molecule has 0 aliphatic heterocycles. The molecule has 1 aromatic carbocycles. The molecule has 2 rings (SSSR count). The summed E-state index contributed by atoms with van der Waals surface area (Å²) in [7, 11) is 3.76. The van der Waals surface area contributed by atoms with Crippen LogP contribution in [0.1, 0.15) is 16.5 Å². The Kier molecular flexibility index (Phi) is 6.03. The molecule has 0 N–H and O–H groups in total. The molecule has 1 atom stereocenters. The quantitative estimate of drug-likeness (QED) is 0.732. The minimum absolute atomic E-state index is 0.0154. The predicted octanol–water partition coefficient (Wildman–Crippen LogP) is 3.54. The topological polar surface area (TPSA) is 25.4 Å². The highest BCUT2D eigenvalue weighted by atomic mass is 35.5. The average molecular weight is 305 g/mol. The molecule has 3 nitrogen and oxygen atoms in total. The van der Waals surface area contributed by atoms with Crippen molar-refractivity contribution in [2.45, 2.75) is 11.8 Å². The lowest BCUT2D eigenvalue weighted by Crippen LogP contribution is -2.25. The maximum absolute atomic E-state index is 6.49. The molecule has 0 spiro atoms. The zero-order valence-electron chi connectivity index (χ0n) is 12.5. The number of methoxy groups -OCH3 is 1. The summed E-state index contributed by atoms with van der Waals surface area (Å²) < 4.78 is 5.16. The number of benzene rings is 1. The smallest absolute Gasteiger partial charge is 0.118 e. The van der Waals surface area contributed by atoms with Crippen LogP contribution in [-0.4, -0.2) is 37.1 Å². The number of alkyl halides is 1. The summed E-state index contributed by atoms with van der Waals surface area (Å²) in [5.41, 5.74) is 2.42. The van der Waals surface area contributed by atoms with Gasteiger partial charge in [-0.2, -0.15) is 0 Å². The van der Waals surface area contributed by atoms with Gasteiger partial charge in [0, 0.05) is 25.5 Å². The van der Waals surface area contributed by atoms with Crippen LogP contribution in [0.2, 0.25) is 0 Å². The molecule has 0 amide bonds. The molecular weight excluding hydrogens is 284 g/mol. The molecule has 0 aliphatic carbocycles. The van der Waals surface area contributed by atoms with Gasteiger partial charge in [0.15, 0.2) is 0 Å². The van der Waals surface area contributed by atoms with Crippen LogP contribution in [0.3, 0.4) is 0 Å². The van der Waals surface area contributed by atoms with E-state index < -0.39 is 0 Å². The first-order valence-corrected chi connectivity index (χ1v) is 7.48. The Morgan fingerprint density at radius 2 is 1.81 bits per heavy atom. The monoisotopic (exact) mass is 304 g/mol. The summed E-state index contributed by atoms with van der Waals surface area (Å²) in [6, 6.07) is 12.0. The van der Waals surface area contributed by atoms with Crippen LogP contribution < -0.4 is 4.74 Å². The Morgan fingerprint density at radius 3 is 2.43 bits per heavy atom. The van der Waals surface area contributed by atoms with Crippen molar-refractivity contribution in [2.75, 3.05) is 27.2 Å². The molecule has 1 unspecified atom stereocenters. The third-order valence-electron chi connectivity index (χ3n) is 3.48. The van der Waals surface area contributed by atoms with E-state index in [1.165, 1.54) is 5.56 Å². The van der Waals surface area contributed by atoms with E-state index in [2.05, 4.69) is 29.1 Å². The molecule has 112 valence electrons. The van der Waals surface area contributed by atoms with E-state index in [1.54, 1.807) is 7.11 Å². The Labute approximate surface area is 131 Å². The molecule has 1 aromatic heterocycles. The van der Waals surface area contributed by atoms with Crippen molar-refractivity contribution in [3.05, 3.63) is 59.9 Å². The number of rotatable bonds is 7. The van der Waals surface area contributed by atoms with E-state index >= 15 is 0 Å². The first kappa shape index (κ1) is 15.8. The minimum atomic E-state index is -0.0154. The molecule has 0 saturated carbocycles. The lowest BCUT2D eigenvalue weighted by Gasteiger charge is -2.20. The molecule has 4 heteroatoms. The van der Waals surface area contributed by atoms with Gasteiger partial charge in [-0.3, -0.25) is 4.98 Å². The fourth-order valence-electron chi connectivity index (χ4n) is 2.15. The standard InChI is InChI=1S/C17H21ClN2O/c1-20(12-9-14-7-10-19-11-8-14)13-17(18)15-3-5-16(21-2)6-4-15/h3-8,10-11,17H,9,12-13H2,1-2H3. The summed E-state index contributed by atoms with van der Waals surface area (Å²) >= 11 is 6.49. The first-order chi connectivity index (χ1) is 10.2. The summed E-state index contributed by atoms with van der Waals surface area (Å²) in [6.07, 6.45) is 4.67. The van der Waals surface area contributed by atoms with Gasteiger partial charge in [0.2, 0.25) is 0 Å². The third-order valence-corrected chi connectivity index (χ3v) is 3.87. The number of pyridine rings is 1. The van der Waals surface area contributed by atoms with Crippen molar-refractivity contribution >= 4 is 11.6 Å². The van der Waals surface area contributed by atoms with E-state index in [4.69, 9.17) is 16.3 Å². The van der Waals surface area contributed by atoms with Crippen molar-refractivity contribution in [2.24, 2.45) is 0 Å². The molecule has 0 fully saturated rings. The Morgan fingerprint density at radius 1 is 1.14 bits per heavy atom. The molecule has 0 bridgehead atoms. The van der Waals surface area contributed by atoms with Crippen LogP contribution in [0.15, 0.2) is 48.8 Å².